The molecule has 130 valence electrons. The fourth-order valence-corrected chi connectivity index (χ4v) is 5.39. The number of urea groups is 1. The smallest absolute Gasteiger partial charge is 0.298 e. The lowest BCUT2D eigenvalue weighted by atomic mass is 9.58. The quantitative estimate of drug-likeness (QED) is 0.820. The summed E-state index contributed by atoms with van der Waals surface area (Å²) in [7, 11) is 0. The molecule has 4 fully saturated rings. The van der Waals surface area contributed by atoms with Gasteiger partial charge >= 0.3 is 6.03 Å². The number of hydrogen-bond donors (Lipinski definition) is 1. The van der Waals surface area contributed by atoms with E-state index in [1.54, 1.807) is 6.92 Å². The Bertz CT molecular complexity index is 629. The summed E-state index contributed by atoms with van der Waals surface area (Å²) in [4.78, 5) is 45.6. The number of nitrogens with one attached hydrogen (secondary N) is 1. The molecule has 0 aromatic carbocycles. The number of carbonyl (C=O) groups is 3. The van der Waals surface area contributed by atoms with Gasteiger partial charge < -0.3 is 0 Å². The van der Waals surface area contributed by atoms with Gasteiger partial charge in [0.2, 0.25) is 5.91 Å². The first-order chi connectivity index (χ1) is 11.4. The van der Waals surface area contributed by atoms with E-state index in [4.69, 9.17) is 0 Å². The van der Waals surface area contributed by atoms with Gasteiger partial charge in [-0.05, 0) is 19.8 Å². The highest BCUT2D eigenvalue weighted by Crippen LogP contribution is 2.52. The molecule has 1 atom stereocenters. The molecule has 24 heavy (non-hydrogen) atoms. The molecule has 5 heterocycles. The average Bonchev–Trinajstić information content (AvgIpc) is 2.52. The first kappa shape index (κ1) is 15.9. The van der Waals surface area contributed by atoms with Gasteiger partial charge in [-0.2, -0.15) is 0 Å². The Morgan fingerprint density at radius 1 is 1.04 bits per heavy atom. The van der Waals surface area contributed by atoms with Gasteiger partial charge in [-0.15, -0.1) is 0 Å². The van der Waals surface area contributed by atoms with Gasteiger partial charge in [-0.3, -0.25) is 24.7 Å². The number of carbonyl (C=O) groups excluding carboxylic acids is 3. The molecule has 0 aliphatic carbocycles. The molecule has 5 rings (SSSR count). The zero-order chi connectivity index (χ0) is 17.3. The van der Waals surface area contributed by atoms with Crippen LogP contribution in [0.1, 0.15) is 33.6 Å². The Kier molecular flexibility index (Phi) is 3.28. The van der Waals surface area contributed by atoms with Crippen molar-refractivity contribution < 1.29 is 14.4 Å². The summed E-state index contributed by atoms with van der Waals surface area (Å²) in [5, 5.41) is 2.34. The maximum absolute atomic E-state index is 13.1. The van der Waals surface area contributed by atoms with E-state index in [1.165, 1.54) is 0 Å². The first-order valence-corrected chi connectivity index (χ1v) is 8.79. The van der Waals surface area contributed by atoms with Crippen molar-refractivity contribution in [2.24, 2.45) is 21.7 Å². The minimum Gasteiger partial charge on any atom is -0.298 e. The molecule has 0 aromatic heterocycles. The molecule has 7 heteroatoms. The molecule has 5 aliphatic heterocycles. The Hall–Kier alpha value is -1.60. The number of rotatable bonds is 3. The van der Waals surface area contributed by atoms with Crippen molar-refractivity contribution in [2.75, 3.05) is 26.2 Å². The predicted molar refractivity (Wildman–Crippen MR) is 87.5 cm³/mol. The van der Waals surface area contributed by atoms with Crippen LogP contribution in [0.15, 0.2) is 4.99 Å². The molecule has 1 N–H and O–H groups in total. The van der Waals surface area contributed by atoms with Gasteiger partial charge in [0.1, 0.15) is 11.7 Å². The van der Waals surface area contributed by atoms with Crippen LogP contribution >= 0.6 is 0 Å². The van der Waals surface area contributed by atoms with E-state index in [-0.39, 0.29) is 22.9 Å². The van der Waals surface area contributed by atoms with Gasteiger partial charge in [-0.25, -0.2) is 9.79 Å². The van der Waals surface area contributed by atoms with Gasteiger partial charge in [0.05, 0.1) is 17.0 Å². The zero-order valence-electron chi connectivity index (χ0n) is 14.5. The summed E-state index contributed by atoms with van der Waals surface area (Å²) < 4.78 is 0. The summed E-state index contributed by atoms with van der Waals surface area (Å²) in [6, 6.07) is -0.576. The van der Waals surface area contributed by atoms with E-state index in [0.29, 0.717) is 37.7 Å². The lowest BCUT2D eigenvalue weighted by Crippen LogP contribution is -2.81. The van der Waals surface area contributed by atoms with Crippen molar-refractivity contribution in [3.63, 3.8) is 0 Å². The van der Waals surface area contributed by atoms with Crippen LogP contribution in [0.3, 0.4) is 0 Å². The summed E-state index contributed by atoms with van der Waals surface area (Å²) in [6.07, 6.45) is 1.56. The van der Waals surface area contributed by atoms with Gasteiger partial charge in [0, 0.05) is 31.9 Å². The Morgan fingerprint density at radius 3 is 1.96 bits per heavy atom. The van der Waals surface area contributed by atoms with Crippen molar-refractivity contribution >= 4 is 23.4 Å². The third kappa shape index (κ3) is 1.85. The fraction of sp³-hybridized carbons (Fsp3) is 0.765. The van der Waals surface area contributed by atoms with Crippen molar-refractivity contribution in [1.82, 2.24) is 15.1 Å². The molecular formula is C17H24N4O3. The van der Waals surface area contributed by atoms with Crippen molar-refractivity contribution in [3.05, 3.63) is 0 Å². The van der Waals surface area contributed by atoms with Crippen LogP contribution in [0.2, 0.25) is 0 Å². The fourth-order valence-electron chi connectivity index (χ4n) is 5.39. The molecular weight excluding hydrogens is 308 g/mol. The lowest BCUT2D eigenvalue weighted by Gasteiger charge is -2.67. The number of amides is 3. The second-order valence-electron chi connectivity index (χ2n) is 7.85. The number of nitrogens with zero attached hydrogens (tertiary/aromatic N) is 3. The highest BCUT2D eigenvalue weighted by Gasteiger charge is 2.65. The number of Topliss-reactive ketones (excluding diaryl/α,β-unsaturated/α-hetero) is 1. The molecule has 4 bridgehead atoms. The highest BCUT2D eigenvalue weighted by molar-refractivity contribution is 6.16. The van der Waals surface area contributed by atoms with E-state index in [1.807, 2.05) is 0 Å². The zero-order valence-corrected chi connectivity index (χ0v) is 14.5. The third-order valence-corrected chi connectivity index (χ3v) is 6.63. The van der Waals surface area contributed by atoms with Crippen LogP contribution < -0.4 is 5.32 Å². The minimum atomic E-state index is -0.576. The summed E-state index contributed by atoms with van der Waals surface area (Å²) in [6.45, 7) is 8.75. The Morgan fingerprint density at radius 2 is 1.54 bits per heavy atom. The summed E-state index contributed by atoms with van der Waals surface area (Å²) in [5.74, 6) is -0.298. The lowest BCUT2D eigenvalue weighted by molar-refractivity contribution is -0.207. The number of ketones is 1. The van der Waals surface area contributed by atoms with Crippen LogP contribution in [0.4, 0.5) is 4.79 Å². The molecule has 0 saturated carbocycles. The normalized spacial score (nSPS) is 47.0. The molecule has 7 nitrogen and oxygen atoms in total. The van der Waals surface area contributed by atoms with Gasteiger partial charge in [-0.1, -0.05) is 13.8 Å². The molecule has 1 unspecified atom stereocenters. The van der Waals surface area contributed by atoms with Gasteiger partial charge in [0.25, 0.3) is 0 Å². The van der Waals surface area contributed by atoms with Crippen LogP contribution in [0, 0.1) is 16.7 Å². The van der Waals surface area contributed by atoms with E-state index in [9.17, 15) is 14.4 Å². The molecule has 5 aliphatic rings. The van der Waals surface area contributed by atoms with E-state index >= 15 is 0 Å². The molecule has 0 aromatic rings. The van der Waals surface area contributed by atoms with Crippen LogP contribution in [-0.2, 0) is 9.59 Å². The molecule has 3 amide bonds. The monoisotopic (exact) mass is 332 g/mol. The maximum atomic E-state index is 13.1. The number of piperidine rings is 2. The second-order valence-corrected chi connectivity index (χ2v) is 7.85. The van der Waals surface area contributed by atoms with E-state index in [2.05, 4.69) is 34.0 Å². The van der Waals surface area contributed by atoms with Crippen molar-refractivity contribution in [3.8, 4) is 0 Å². The largest absolute Gasteiger partial charge is 0.347 e. The Balaban J connectivity index is 1.73. The average molecular weight is 332 g/mol. The van der Waals surface area contributed by atoms with Crippen molar-refractivity contribution in [1.29, 1.82) is 0 Å². The third-order valence-electron chi connectivity index (χ3n) is 6.63. The van der Waals surface area contributed by atoms with E-state index < -0.39 is 11.9 Å². The van der Waals surface area contributed by atoms with E-state index in [0.717, 1.165) is 12.8 Å². The van der Waals surface area contributed by atoms with Gasteiger partial charge in [0.15, 0.2) is 0 Å². The minimum absolute atomic E-state index is 0.103. The topological polar surface area (TPSA) is 82.1 Å². The van der Waals surface area contributed by atoms with Crippen LogP contribution in [0.25, 0.3) is 0 Å². The second kappa shape index (κ2) is 4.95. The highest BCUT2D eigenvalue weighted by atomic mass is 16.2. The Labute approximate surface area is 141 Å². The molecule has 0 radical (unpaired) electrons. The standard InChI is InChI=1S/C17H24N4O3/c1-4-16-6-20-8-17(5-2,14(16)23)9-21(7-16)13(20)11-10(3)18-15(24)19-12(11)22/h11,13H,4-9H2,1-3H3,(H,19,22,24). The summed E-state index contributed by atoms with van der Waals surface area (Å²) in [5.41, 5.74) is -0.0482. The number of imide groups is 1. The van der Waals surface area contributed by atoms with Crippen LogP contribution in [-0.4, -0.2) is 65.6 Å². The summed E-state index contributed by atoms with van der Waals surface area (Å²) >= 11 is 0. The molecule has 0 spiro atoms. The molecule has 4 saturated heterocycles. The predicted octanol–water partition coefficient (Wildman–Crippen LogP) is 0.646. The maximum Gasteiger partial charge on any atom is 0.347 e. The first-order valence-electron chi connectivity index (χ1n) is 8.79. The number of hydrogen-bond acceptors (Lipinski definition) is 5. The van der Waals surface area contributed by atoms with Crippen LogP contribution in [0.5, 0.6) is 0 Å². The van der Waals surface area contributed by atoms with Crippen molar-refractivity contribution in [2.45, 2.75) is 39.8 Å². The SMILES string of the molecule is CCC12CN3CC(CC)(CN(C1)C3C1C(=O)NC(=O)N=C1C)C2=O. The number of aliphatic imine (C=N–C) groups is 1.